The van der Waals surface area contributed by atoms with Gasteiger partial charge in [-0.1, -0.05) is 42.5 Å². The number of hydrazone groups is 1. The molecule has 124 valence electrons. The largest absolute Gasteiger partial charge is 0.257 e. The highest BCUT2D eigenvalue weighted by atomic mass is 127. The molecule has 0 radical (unpaired) electrons. The number of para-hydroxylation sites is 1. The second-order valence-corrected chi connectivity index (χ2v) is 7.25. The molecule has 1 aliphatic rings. The molecule has 0 amide bonds. The molecule has 0 N–H and O–H groups in total. The quantitative estimate of drug-likeness (QED) is 0.470. The molecule has 3 aromatic rings. The van der Waals surface area contributed by atoms with E-state index in [4.69, 9.17) is 5.10 Å². The molecule has 0 fully saturated rings. The number of hydrogen-bond donors (Lipinski definition) is 0. The van der Waals surface area contributed by atoms with E-state index in [2.05, 4.69) is 59.0 Å². The van der Waals surface area contributed by atoms with Gasteiger partial charge in [0, 0.05) is 9.99 Å². The third-order valence-electron chi connectivity index (χ3n) is 4.36. The Hall–Kier alpha value is -2.21. The van der Waals surface area contributed by atoms with Crippen LogP contribution in [-0.2, 0) is 0 Å². The van der Waals surface area contributed by atoms with Gasteiger partial charge < -0.3 is 0 Å². The Kier molecular flexibility index (Phi) is 4.53. The SMILES string of the molecule is Fc1ccc(C2CC(c3ccc(I)cc3)=NN2c2ccccc2)cc1. The van der Waals surface area contributed by atoms with E-state index in [9.17, 15) is 4.39 Å². The Balaban J connectivity index is 1.73. The van der Waals surface area contributed by atoms with Gasteiger partial charge in [0.1, 0.15) is 5.82 Å². The van der Waals surface area contributed by atoms with E-state index in [1.165, 1.54) is 15.7 Å². The molecule has 4 rings (SSSR count). The Morgan fingerprint density at radius 3 is 2.24 bits per heavy atom. The summed E-state index contributed by atoms with van der Waals surface area (Å²) in [6.45, 7) is 0. The topological polar surface area (TPSA) is 15.6 Å². The second kappa shape index (κ2) is 6.96. The maximum atomic E-state index is 13.3. The van der Waals surface area contributed by atoms with Crippen LogP contribution >= 0.6 is 22.6 Å². The van der Waals surface area contributed by atoms with Crippen molar-refractivity contribution in [3.63, 3.8) is 0 Å². The van der Waals surface area contributed by atoms with Crippen LogP contribution in [0.1, 0.15) is 23.6 Å². The first-order chi connectivity index (χ1) is 12.2. The highest BCUT2D eigenvalue weighted by Gasteiger charge is 2.29. The first-order valence-corrected chi connectivity index (χ1v) is 9.22. The fraction of sp³-hybridized carbons (Fsp3) is 0.0952. The lowest BCUT2D eigenvalue weighted by Crippen LogP contribution is -2.18. The molecule has 1 heterocycles. The van der Waals surface area contributed by atoms with Gasteiger partial charge in [0.15, 0.2) is 0 Å². The lowest BCUT2D eigenvalue weighted by atomic mass is 9.98. The van der Waals surface area contributed by atoms with Crippen molar-refractivity contribution in [3.8, 4) is 0 Å². The maximum absolute atomic E-state index is 13.3. The van der Waals surface area contributed by atoms with Gasteiger partial charge in [-0.25, -0.2) is 4.39 Å². The van der Waals surface area contributed by atoms with Gasteiger partial charge in [0.2, 0.25) is 0 Å². The molecule has 1 unspecified atom stereocenters. The van der Waals surface area contributed by atoms with Crippen LogP contribution in [0, 0.1) is 9.39 Å². The molecule has 1 atom stereocenters. The first-order valence-electron chi connectivity index (χ1n) is 8.14. The molecule has 0 spiro atoms. The van der Waals surface area contributed by atoms with Crippen LogP contribution in [0.15, 0.2) is 84.0 Å². The van der Waals surface area contributed by atoms with E-state index in [-0.39, 0.29) is 11.9 Å². The van der Waals surface area contributed by atoms with Gasteiger partial charge in [-0.15, -0.1) is 0 Å². The standard InChI is InChI=1S/C21H16FIN2/c22-17-10-6-16(7-11-17)21-14-20(15-8-12-18(23)13-9-15)24-25(21)19-4-2-1-3-5-19/h1-13,21H,14H2. The predicted molar refractivity (Wildman–Crippen MR) is 108 cm³/mol. The summed E-state index contributed by atoms with van der Waals surface area (Å²) >= 11 is 2.30. The molecule has 2 nitrogen and oxygen atoms in total. The van der Waals surface area contributed by atoms with Crippen molar-refractivity contribution in [3.05, 3.63) is 99.4 Å². The predicted octanol–water partition coefficient (Wildman–Crippen LogP) is 5.79. The van der Waals surface area contributed by atoms with Crippen LogP contribution in [0.2, 0.25) is 0 Å². The van der Waals surface area contributed by atoms with E-state index < -0.39 is 0 Å². The molecular weight excluding hydrogens is 426 g/mol. The monoisotopic (exact) mass is 442 g/mol. The zero-order chi connectivity index (χ0) is 17.2. The number of anilines is 1. The molecule has 25 heavy (non-hydrogen) atoms. The summed E-state index contributed by atoms with van der Waals surface area (Å²) in [5.74, 6) is -0.216. The Bertz CT molecular complexity index is 889. The smallest absolute Gasteiger partial charge is 0.123 e. The Morgan fingerprint density at radius 1 is 0.880 bits per heavy atom. The summed E-state index contributed by atoms with van der Waals surface area (Å²) in [4.78, 5) is 0. The minimum absolute atomic E-state index is 0.0669. The molecule has 0 aromatic heterocycles. The van der Waals surface area contributed by atoms with Gasteiger partial charge in [0.25, 0.3) is 0 Å². The fourth-order valence-electron chi connectivity index (χ4n) is 3.09. The number of rotatable bonds is 3. The Labute approximate surface area is 160 Å². The van der Waals surface area contributed by atoms with Crippen molar-refractivity contribution in [1.29, 1.82) is 0 Å². The zero-order valence-corrected chi connectivity index (χ0v) is 15.6. The highest BCUT2D eigenvalue weighted by Crippen LogP contribution is 2.36. The van der Waals surface area contributed by atoms with Gasteiger partial charge >= 0.3 is 0 Å². The van der Waals surface area contributed by atoms with Crippen molar-refractivity contribution in [2.75, 3.05) is 5.01 Å². The number of halogens is 2. The fourth-order valence-corrected chi connectivity index (χ4v) is 3.45. The number of benzene rings is 3. The highest BCUT2D eigenvalue weighted by molar-refractivity contribution is 14.1. The van der Waals surface area contributed by atoms with Crippen molar-refractivity contribution in [2.45, 2.75) is 12.5 Å². The van der Waals surface area contributed by atoms with Crippen LogP contribution in [0.3, 0.4) is 0 Å². The summed E-state index contributed by atoms with van der Waals surface area (Å²) in [5, 5.41) is 6.93. The summed E-state index contributed by atoms with van der Waals surface area (Å²) in [6, 6.07) is 25.3. The van der Waals surface area contributed by atoms with Crippen LogP contribution < -0.4 is 5.01 Å². The third kappa shape index (κ3) is 3.44. The van der Waals surface area contributed by atoms with E-state index in [0.29, 0.717) is 0 Å². The molecule has 3 aromatic carbocycles. The van der Waals surface area contributed by atoms with E-state index in [1.807, 2.05) is 35.3 Å². The summed E-state index contributed by atoms with van der Waals surface area (Å²) in [6.07, 6.45) is 0.793. The average Bonchev–Trinajstić information content (AvgIpc) is 3.09. The Morgan fingerprint density at radius 2 is 1.56 bits per heavy atom. The normalized spacial score (nSPS) is 16.8. The van der Waals surface area contributed by atoms with E-state index in [1.54, 1.807) is 0 Å². The maximum Gasteiger partial charge on any atom is 0.123 e. The summed E-state index contributed by atoms with van der Waals surface area (Å²) < 4.78 is 14.5. The zero-order valence-electron chi connectivity index (χ0n) is 13.4. The summed E-state index contributed by atoms with van der Waals surface area (Å²) in [7, 11) is 0. The minimum atomic E-state index is -0.216. The molecule has 0 saturated carbocycles. The molecule has 4 heteroatoms. The minimum Gasteiger partial charge on any atom is -0.257 e. The van der Waals surface area contributed by atoms with Gasteiger partial charge in [-0.3, -0.25) is 5.01 Å². The van der Waals surface area contributed by atoms with Gasteiger partial charge in [-0.2, -0.15) is 5.10 Å². The van der Waals surface area contributed by atoms with E-state index in [0.717, 1.165) is 28.9 Å². The lowest BCUT2D eigenvalue weighted by molar-refractivity contribution is 0.624. The summed E-state index contributed by atoms with van der Waals surface area (Å²) in [5.41, 5.74) is 4.28. The van der Waals surface area contributed by atoms with Crippen molar-refractivity contribution >= 4 is 34.0 Å². The molecule has 0 aliphatic carbocycles. The van der Waals surface area contributed by atoms with Gasteiger partial charge in [0.05, 0.1) is 17.4 Å². The average molecular weight is 442 g/mol. The van der Waals surface area contributed by atoms with Crippen molar-refractivity contribution < 1.29 is 4.39 Å². The molecule has 1 aliphatic heterocycles. The third-order valence-corrected chi connectivity index (χ3v) is 5.08. The van der Waals surface area contributed by atoms with Crippen LogP contribution in [0.25, 0.3) is 0 Å². The molecule has 0 bridgehead atoms. The number of hydrogen-bond acceptors (Lipinski definition) is 2. The number of nitrogens with zero attached hydrogens (tertiary/aromatic N) is 2. The van der Waals surface area contributed by atoms with Crippen LogP contribution in [-0.4, -0.2) is 5.71 Å². The second-order valence-electron chi connectivity index (χ2n) is 6.01. The van der Waals surface area contributed by atoms with Crippen molar-refractivity contribution in [2.24, 2.45) is 5.10 Å². The lowest BCUT2D eigenvalue weighted by Gasteiger charge is -2.23. The molecule has 0 saturated heterocycles. The van der Waals surface area contributed by atoms with Gasteiger partial charge in [-0.05, 0) is 70.1 Å². The van der Waals surface area contributed by atoms with Crippen LogP contribution in [0.5, 0.6) is 0 Å². The van der Waals surface area contributed by atoms with E-state index >= 15 is 0 Å². The molecular formula is C21H16FIN2. The van der Waals surface area contributed by atoms with Crippen LogP contribution in [0.4, 0.5) is 10.1 Å². The van der Waals surface area contributed by atoms with Crippen molar-refractivity contribution in [1.82, 2.24) is 0 Å². The first kappa shape index (κ1) is 16.3.